The summed E-state index contributed by atoms with van der Waals surface area (Å²) in [7, 11) is 0. The second-order valence-electron chi connectivity index (χ2n) is 5.04. The van der Waals surface area contributed by atoms with E-state index < -0.39 is 0 Å². The lowest BCUT2D eigenvalue weighted by atomic mass is 10.2. The second-order valence-corrected chi connectivity index (χ2v) is 5.04. The van der Waals surface area contributed by atoms with Crippen molar-refractivity contribution in [2.45, 2.75) is 39.0 Å². The molecule has 0 radical (unpaired) electrons. The molecule has 1 N–H and O–H groups in total. The predicted molar refractivity (Wildman–Crippen MR) is 82.8 cm³/mol. The number of amides is 1. The van der Waals surface area contributed by atoms with E-state index in [0.29, 0.717) is 18.7 Å². The van der Waals surface area contributed by atoms with E-state index in [1.165, 1.54) is 0 Å². The normalized spacial score (nSPS) is 10.5. The maximum absolute atomic E-state index is 11.7. The first-order valence-corrected chi connectivity index (χ1v) is 7.56. The summed E-state index contributed by atoms with van der Waals surface area (Å²) in [5.74, 6) is 1.41. The van der Waals surface area contributed by atoms with Crippen molar-refractivity contribution >= 4 is 5.91 Å². The third-order valence-electron chi connectivity index (χ3n) is 3.28. The number of nitrogens with one attached hydrogen (secondary N) is 1. The second kappa shape index (κ2) is 8.25. The largest absolute Gasteiger partial charge is 0.441 e. The van der Waals surface area contributed by atoms with Crippen molar-refractivity contribution in [2.24, 2.45) is 0 Å². The molecule has 0 aliphatic rings. The van der Waals surface area contributed by atoms with E-state index in [2.05, 4.69) is 17.2 Å². The fraction of sp³-hybridized carbons (Fsp3) is 0.412. The van der Waals surface area contributed by atoms with Gasteiger partial charge in [0.1, 0.15) is 0 Å². The molecule has 4 nitrogen and oxygen atoms in total. The zero-order valence-electron chi connectivity index (χ0n) is 12.5. The molecular weight excluding hydrogens is 264 g/mol. The summed E-state index contributed by atoms with van der Waals surface area (Å²) in [6.45, 7) is 2.91. The number of benzene rings is 1. The fourth-order valence-electron chi connectivity index (χ4n) is 2.07. The Morgan fingerprint density at radius 1 is 1.24 bits per heavy atom. The molecule has 0 atom stereocenters. The van der Waals surface area contributed by atoms with Crippen LogP contribution < -0.4 is 5.32 Å². The Morgan fingerprint density at radius 3 is 2.81 bits per heavy atom. The molecule has 1 amide bonds. The van der Waals surface area contributed by atoms with Gasteiger partial charge >= 0.3 is 0 Å². The van der Waals surface area contributed by atoms with E-state index in [0.717, 1.165) is 37.1 Å². The average molecular weight is 286 g/mol. The van der Waals surface area contributed by atoms with Gasteiger partial charge in [0.15, 0.2) is 11.7 Å². The lowest BCUT2D eigenvalue weighted by Gasteiger charge is -2.03. The van der Waals surface area contributed by atoms with Crippen LogP contribution in [0.3, 0.4) is 0 Å². The van der Waals surface area contributed by atoms with Gasteiger partial charge in [-0.1, -0.05) is 50.1 Å². The third-order valence-corrected chi connectivity index (χ3v) is 3.28. The molecule has 0 unspecified atom stereocenters. The number of aryl methyl sites for hydroxylation is 1. The Kier molecular flexibility index (Phi) is 6.00. The summed E-state index contributed by atoms with van der Waals surface area (Å²) in [5, 5.41) is 2.92. The molecule has 0 bridgehead atoms. The van der Waals surface area contributed by atoms with E-state index in [9.17, 15) is 4.79 Å². The minimum absolute atomic E-state index is 0.0607. The summed E-state index contributed by atoms with van der Waals surface area (Å²) in [6.07, 6.45) is 6.02. The van der Waals surface area contributed by atoms with Crippen LogP contribution in [0.15, 0.2) is 40.9 Å². The quantitative estimate of drug-likeness (QED) is 0.755. The van der Waals surface area contributed by atoms with Gasteiger partial charge in [-0.2, -0.15) is 0 Å². The van der Waals surface area contributed by atoms with E-state index >= 15 is 0 Å². The maximum Gasteiger partial charge on any atom is 0.220 e. The molecule has 0 spiro atoms. The Labute approximate surface area is 125 Å². The van der Waals surface area contributed by atoms with Gasteiger partial charge in [-0.3, -0.25) is 4.79 Å². The van der Waals surface area contributed by atoms with Crippen molar-refractivity contribution in [3.8, 4) is 11.3 Å². The number of oxazole rings is 1. The molecule has 0 fully saturated rings. The number of hydrogen-bond acceptors (Lipinski definition) is 3. The molecule has 1 aromatic carbocycles. The summed E-state index contributed by atoms with van der Waals surface area (Å²) in [6, 6.07) is 9.83. The Morgan fingerprint density at radius 2 is 2.05 bits per heavy atom. The zero-order chi connectivity index (χ0) is 14.9. The van der Waals surface area contributed by atoms with Crippen LogP contribution in [0, 0.1) is 0 Å². The fourth-order valence-corrected chi connectivity index (χ4v) is 2.07. The summed E-state index contributed by atoms with van der Waals surface area (Å²) in [4.78, 5) is 15.9. The number of aromatic nitrogens is 1. The molecule has 0 aliphatic carbocycles. The van der Waals surface area contributed by atoms with Crippen molar-refractivity contribution in [1.82, 2.24) is 10.3 Å². The van der Waals surface area contributed by atoms with Crippen LogP contribution in [0.25, 0.3) is 11.3 Å². The highest BCUT2D eigenvalue weighted by Gasteiger charge is 2.08. The predicted octanol–water partition coefficient (Wildman–Crippen LogP) is 3.58. The topological polar surface area (TPSA) is 55.1 Å². The van der Waals surface area contributed by atoms with Crippen molar-refractivity contribution in [3.63, 3.8) is 0 Å². The van der Waals surface area contributed by atoms with Crippen LogP contribution in [0.4, 0.5) is 0 Å². The molecular formula is C17H22N2O2. The number of carbonyl (C=O) groups is 1. The van der Waals surface area contributed by atoms with E-state index in [1.807, 2.05) is 30.3 Å². The van der Waals surface area contributed by atoms with Crippen LogP contribution in [0.5, 0.6) is 0 Å². The highest BCUT2D eigenvalue weighted by molar-refractivity contribution is 5.75. The number of rotatable bonds is 8. The minimum Gasteiger partial charge on any atom is -0.441 e. The molecule has 0 saturated heterocycles. The number of carbonyl (C=O) groups excluding carboxylic acids is 1. The monoisotopic (exact) mass is 286 g/mol. The minimum atomic E-state index is 0.0607. The lowest BCUT2D eigenvalue weighted by molar-refractivity contribution is -0.121. The number of hydrogen-bond donors (Lipinski definition) is 1. The Hall–Kier alpha value is -2.10. The smallest absolute Gasteiger partial charge is 0.220 e. The van der Waals surface area contributed by atoms with Crippen molar-refractivity contribution in [2.75, 3.05) is 6.54 Å². The lowest BCUT2D eigenvalue weighted by Crippen LogP contribution is -2.24. The van der Waals surface area contributed by atoms with Crippen LogP contribution in [-0.4, -0.2) is 17.4 Å². The van der Waals surface area contributed by atoms with Crippen LogP contribution in [0.2, 0.25) is 0 Å². The maximum atomic E-state index is 11.7. The van der Waals surface area contributed by atoms with Gasteiger partial charge in [-0.15, -0.1) is 0 Å². The van der Waals surface area contributed by atoms with Gasteiger partial charge in [0.05, 0.1) is 6.20 Å². The van der Waals surface area contributed by atoms with Gasteiger partial charge < -0.3 is 9.73 Å². The van der Waals surface area contributed by atoms with E-state index in [4.69, 9.17) is 4.42 Å². The van der Waals surface area contributed by atoms with Crippen molar-refractivity contribution < 1.29 is 9.21 Å². The molecule has 21 heavy (non-hydrogen) atoms. The molecule has 4 heteroatoms. The van der Waals surface area contributed by atoms with Gasteiger partial charge in [-0.05, 0) is 6.42 Å². The SMILES string of the molecule is CCCCCNC(=O)CCc1ncc(-c2ccccc2)o1. The number of unbranched alkanes of at least 4 members (excludes halogenated alkanes) is 2. The first-order valence-electron chi connectivity index (χ1n) is 7.56. The Balaban J connectivity index is 1.77. The van der Waals surface area contributed by atoms with Crippen LogP contribution in [0.1, 0.15) is 38.5 Å². The Bertz CT molecular complexity index is 549. The van der Waals surface area contributed by atoms with Gasteiger partial charge in [0.25, 0.3) is 0 Å². The first-order chi connectivity index (χ1) is 10.3. The molecule has 0 aliphatic heterocycles. The van der Waals surface area contributed by atoms with Crippen molar-refractivity contribution in [1.29, 1.82) is 0 Å². The average Bonchev–Trinajstić information content (AvgIpc) is 2.99. The standard InChI is InChI=1S/C17H22N2O2/c1-2-3-7-12-18-16(20)10-11-17-19-13-15(21-17)14-8-5-4-6-9-14/h4-6,8-9,13H,2-3,7,10-12H2,1H3,(H,18,20). The summed E-state index contributed by atoms with van der Waals surface area (Å²) in [5.41, 5.74) is 1.00. The third kappa shape index (κ3) is 5.06. The highest BCUT2D eigenvalue weighted by Crippen LogP contribution is 2.20. The van der Waals surface area contributed by atoms with E-state index in [1.54, 1.807) is 6.20 Å². The molecule has 1 aromatic heterocycles. The molecule has 112 valence electrons. The molecule has 1 heterocycles. The number of nitrogens with zero attached hydrogens (tertiary/aromatic N) is 1. The first kappa shape index (κ1) is 15.3. The van der Waals surface area contributed by atoms with Gasteiger partial charge in [0.2, 0.25) is 5.91 Å². The molecule has 2 rings (SSSR count). The van der Waals surface area contributed by atoms with Gasteiger partial charge in [-0.25, -0.2) is 4.98 Å². The van der Waals surface area contributed by atoms with Crippen LogP contribution in [-0.2, 0) is 11.2 Å². The zero-order valence-corrected chi connectivity index (χ0v) is 12.5. The molecule has 0 saturated carbocycles. The van der Waals surface area contributed by atoms with E-state index in [-0.39, 0.29) is 5.91 Å². The van der Waals surface area contributed by atoms with Crippen molar-refractivity contribution in [3.05, 3.63) is 42.4 Å². The van der Waals surface area contributed by atoms with Crippen LogP contribution >= 0.6 is 0 Å². The van der Waals surface area contributed by atoms with Gasteiger partial charge in [0, 0.05) is 24.9 Å². The molecule has 2 aromatic rings. The highest BCUT2D eigenvalue weighted by atomic mass is 16.4. The summed E-state index contributed by atoms with van der Waals surface area (Å²) >= 11 is 0. The summed E-state index contributed by atoms with van der Waals surface area (Å²) < 4.78 is 5.67.